The number of nitrogens with one attached hydrogen (secondary N) is 1. The molecule has 0 aromatic heterocycles. The van der Waals surface area contributed by atoms with Crippen molar-refractivity contribution in [3.63, 3.8) is 0 Å². The minimum atomic E-state index is -0.449. The van der Waals surface area contributed by atoms with Crippen LogP contribution >= 0.6 is 0 Å². The predicted octanol–water partition coefficient (Wildman–Crippen LogP) is 3.06. The third-order valence-electron chi connectivity index (χ3n) is 2.28. The van der Waals surface area contributed by atoms with Crippen LogP contribution in [0, 0.1) is 5.53 Å². The summed E-state index contributed by atoms with van der Waals surface area (Å²) >= 11 is 0. The zero-order valence-electron chi connectivity index (χ0n) is 8.26. The van der Waals surface area contributed by atoms with Crippen LogP contribution in [-0.2, 0) is 11.2 Å². The summed E-state index contributed by atoms with van der Waals surface area (Å²) in [5.41, 5.74) is 9.24. The van der Waals surface area contributed by atoms with Crippen molar-refractivity contribution in [3.8, 4) is 0 Å². The van der Waals surface area contributed by atoms with Crippen LogP contribution in [-0.4, -0.2) is 6.23 Å². The number of rotatable bonds is 3. The lowest BCUT2D eigenvalue weighted by atomic mass is 10.0. The molecular formula is C12H12N2O. The van der Waals surface area contributed by atoms with Gasteiger partial charge in [0.2, 0.25) is 6.23 Å². The predicted molar refractivity (Wildman–Crippen MR) is 57.4 cm³/mol. The first-order valence-corrected chi connectivity index (χ1v) is 4.82. The zero-order chi connectivity index (χ0) is 10.5. The zero-order valence-corrected chi connectivity index (χ0v) is 8.26. The van der Waals surface area contributed by atoms with Gasteiger partial charge in [0.05, 0.1) is 6.26 Å². The van der Waals surface area contributed by atoms with E-state index in [1.54, 1.807) is 6.26 Å². The van der Waals surface area contributed by atoms with Crippen LogP contribution < -0.4 is 0 Å². The van der Waals surface area contributed by atoms with Crippen LogP contribution in [0.1, 0.15) is 5.56 Å². The Morgan fingerprint density at radius 2 is 2.07 bits per heavy atom. The monoisotopic (exact) mass is 200 g/mol. The summed E-state index contributed by atoms with van der Waals surface area (Å²) < 4.78 is 5.21. The number of hydrogen-bond acceptors (Lipinski definition) is 3. The van der Waals surface area contributed by atoms with Crippen LogP contribution in [0.25, 0.3) is 0 Å². The van der Waals surface area contributed by atoms with E-state index in [0.717, 1.165) is 12.0 Å². The molecule has 1 aliphatic rings. The van der Waals surface area contributed by atoms with Gasteiger partial charge in [-0.05, 0) is 23.6 Å². The van der Waals surface area contributed by atoms with E-state index in [4.69, 9.17) is 10.3 Å². The van der Waals surface area contributed by atoms with Gasteiger partial charge in [-0.15, -0.1) is 5.11 Å². The molecule has 0 fully saturated rings. The molecule has 1 heterocycles. The molecule has 1 aliphatic heterocycles. The van der Waals surface area contributed by atoms with E-state index in [0.29, 0.717) is 0 Å². The molecule has 3 heteroatoms. The van der Waals surface area contributed by atoms with Gasteiger partial charge in [-0.2, -0.15) is 0 Å². The van der Waals surface area contributed by atoms with E-state index in [9.17, 15) is 0 Å². The fourth-order valence-corrected chi connectivity index (χ4v) is 1.54. The minimum absolute atomic E-state index is 0.449. The first-order chi connectivity index (χ1) is 7.40. The summed E-state index contributed by atoms with van der Waals surface area (Å²) in [5, 5.41) is 3.43. The first-order valence-electron chi connectivity index (χ1n) is 4.82. The number of hydrogen-bond donors (Lipinski definition) is 1. The van der Waals surface area contributed by atoms with E-state index in [1.165, 1.54) is 5.56 Å². The largest absolute Gasteiger partial charge is 0.471 e. The molecule has 1 aromatic carbocycles. The van der Waals surface area contributed by atoms with E-state index in [2.05, 4.69) is 17.2 Å². The summed E-state index contributed by atoms with van der Waals surface area (Å²) in [6.45, 7) is 0. The molecule has 1 aromatic rings. The van der Waals surface area contributed by atoms with Gasteiger partial charge in [-0.1, -0.05) is 36.4 Å². The van der Waals surface area contributed by atoms with Crippen LogP contribution in [0.4, 0.5) is 0 Å². The number of benzene rings is 1. The lowest BCUT2D eigenvalue weighted by Gasteiger charge is -2.17. The number of nitrogens with zero attached hydrogens (tertiary/aromatic N) is 1. The fourth-order valence-electron chi connectivity index (χ4n) is 1.54. The highest BCUT2D eigenvalue weighted by Gasteiger charge is 2.15. The maximum absolute atomic E-state index is 7.02. The quantitative estimate of drug-likeness (QED) is 0.749. The molecule has 1 atom stereocenters. The van der Waals surface area contributed by atoms with Crippen LogP contribution in [0.15, 0.2) is 59.4 Å². The van der Waals surface area contributed by atoms with Gasteiger partial charge in [-0.25, -0.2) is 5.53 Å². The molecule has 15 heavy (non-hydrogen) atoms. The van der Waals surface area contributed by atoms with Gasteiger partial charge in [0.1, 0.15) is 0 Å². The van der Waals surface area contributed by atoms with Crippen LogP contribution in [0.3, 0.4) is 0 Å². The standard InChI is InChI=1S/C12H12N2O/c13-14-12-11(7-4-8-15-12)9-10-5-2-1-3-6-10/h1-8,12-13H,9H2. The molecule has 0 amide bonds. The van der Waals surface area contributed by atoms with Crippen molar-refractivity contribution < 1.29 is 4.74 Å². The third kappa shape index (κ3) is 2.31. The maximum Gasteiger partial charge on any atom is 0.229 e. The summed E-state index contributed by atoms with van der Waals surface area (Å²) in [5.74, 6) is 0. The topological polar surface area (TPSA) is 45.4 Å². The molecule has 0 saturated heterocycles. The van der Waals surface area contributed by atoms with Crippen molar-refractivity contribution in [3.05, 3.63) is 59.9 Å². The molecule has 1 N–H and O–H groups in total. The molecule has 0 spiro atoms. The third-order valence-corrected chi connectivity index (χ3v) is 2.28. The Bertz CT molecular complexity index is 395. The number of allylic oxidation sites excluding steroid dienone is 2. The molecule has 0 saturated carbocycles. The molecule has 3 nitrogen and oxygen atoms in total. The first kappa shape index (κ1) is 9.65. The van der Waals surface area contributed by atoms with Gasteiger partial charge in [0.15, 0.2) is 0 Å². The normalized spacial score (nSPS) is 19.2. The molecule has 76 valence electrons. The van der Waals surface area contributed by atoms with E-state index >= 15 is 0 Å². The van der Waals surface area contributed by atoms with Gasteiger partial charge in [0, 0.05) is 0 Å². The van der Waals surface area contributed by atoms with E-state index in [1.807, 2.05) is 30.4 Å². The Balaban J connectivity index is 2.14. The van der Waals surface area contributed by atoms with E-state index in [-0.39, 0.29) is 0 Å². The Labute approximate surface area is 88.6 Å². The Kier molecular flexibility index (Phi) is 2.93. The second-order valence-corrected chi connectivity index (χ2v) is 3.35. The van der Waals surface area contributed by atoms with Gasteiger partial charge < -0.3 is 4.74 Å². The van der Waals surface area contributed by atoms with Crippen molar-refractivity contribution in [1.82, 2.24) is 0 Å². The van der Waals surface area contributed by atoms with Crippen molar-refractivity contribution in [2.75, 3.05) is 0 Å². The molecule has 1 unspecified atom stereocenters. The molecule has 2 rings (SSSR count). The highest BCUT2D eigenvalue weighted by Crippen LogP contribution is 2.18. The molecule has 0 bridgehead atoms. The van der Waals surface area contributed by atoms with Crippen molar-refractivity contribution in [2.24, 2.45) is 5.11 Å². The van der Waals surface area contributed by atoms with Crippen molar-refractivity contribution in [2.45, 2.75) is 12.6 Å². The van der Waals surface area contributed by atoms with Crippen molar-refractivity contribution >= 4 is 0 Å². The number of ether oxygens (including phenoxy) is 1. The average molecular weight is 200 g/mol. The summed E-state index contributed by atoms with van der Waals surface area (Å²) in [6.07, 6.45) is 5.68. The SMILES string of the molecule is N=NC1OC=CC=C1Cc1ccccc1. The average Bonchev–Trinajstić information content (AvgIpc) is 2.31. The second kappa shape index (κ2) is 4.55. The van der Waals surface area contributed by atoms with Gasteiger partial charge in [-0.3, -0.25) is 0 Å². The van der Waals surface area contributed by atoms with E-state index < -0.39 is 6.23 Å². The lowest BCUT2D eigenvalue weighted by molar-refractivity contribution is 0.168. The van der Waals surface area contributed by atoms with Crippen molar-refractivity contribution in [1.29, 1.82) is 5.53 Å². The molecule has 0 radical (unpaired) electrons. The summed E-state index contributed by atoms with van der Waals surface area (Å²) in [6, 6.07) is 10.1. The maximum atomic E-state index is 7.02. The molecule has 0 aliphatic carbocycles. The van der Waals surface area contributed by atoms with Crippen LogP contribution in [0.5, 0.6) is 0 Å². The minimum Gasteiger partial charge on any atom is -0.471 e. The fraction of sp³-hybridized carbons (Fsp3) is 0.167. The highest BCUT2D eigenvalue weighted by molar-refractivity contribution is 5.27. The second-order valence-electron chi connectivity index (χ2n) is 3.35. The van der Waals surface area contributed by atoms with Gasteiger partial charge in [0.25, 0.3) is 0 Å². The lowest BCUT2D eigenvalue weighted by Crippen LogP contribution is -2.13. The Morgan fingerprint density at radius 1 is 1.27 bits per heavy atom. The van der Waals surface area contributed by atoms with Gasteiger partial charge >= 0.3 is 0 Å². The summed E-state index contributed by atoms with van der Waals surface area (Å²) in [7, 11) is 0. The Morgan fingerprint density at radius 3 is 2.80 bits per heavy atom. The molecular weight excluding hydrogens is 188 g/mol. The smallest absolute Gasteiger partial charge is 0.229 e. The highest BCUT2D eigenvalue weighted by atomic mass is 16.5. The summed E-state index contributed by atoms with van der Waals surface area (Å²) in [4.78, 5) is 0. The van der Waals surface area contributed by atoms with Crippen LogP contribution in [0.2, 0.25) is 0 Å². The Hall–Kier alpha value is -1.90.